The normalized spacial score (nSPS) is 23.3. The Morgan fingerprint density at radius 2 is 1.79 bits per heavy atom. The van der Waals surface area contributed by atoms with Crippen molar-refractivity contribution in [2.24, 2.45) is 0 Å². The minimum absolute atomic E-state index is 0.0205. The molecule has 0 saturated carbocycles. The number of urea groups is 1. The van der Waals surface area contributed by atoms with Crippen LogP contribution in [0.25, 0.3) is 0 Å². The molecule has 10 heteroatoms. The van der Waals surface area contributed by atoms with E-state index in [4.69, 9.17) is 19.3 Å². The standard InChI is InChI=1S/C18H33N3O6S/c22-6-8-26-10-12-27-11-9-25-7-5-19-16(23)4-2-1-3-15-17-14(13-28-15)20-18(24)21-17/h14-15,17,22H,1-13H2,(H,19,23)(H2,20,21,24)/t14-,15-,17-/m0/s1. The monoisotopic (exact) mass is 419 g/mol. The third-order valence-electron chi connectivity index (χ3n) is 4.63. The van der Waals surface area contributed by atoms with Gasteiger partial charge in [-0.2, -0.15) is 11.8 Å². The highest BCUT2D eigenvalue weighted by Gasteiger charge is 2.42. The van der Waals surface area contributed by atoms with E-state index in [1.165, 1.54) is 0 Å². The number of hydrogen-bond acceptors (Lipinski definition) is 7. The number of carbonyl (C=O) groups is 2. The van der Waals surface area contributed by atoms with Gasteiger partial charge in [0, 0.05) is 24.0 Å². The van der Waals surface area contributed by atoms with Gasteiger partial charge in [0.1, 0.15) is 0 Å². The Morgan fingerprint density at radius 3 is 2.54 bits per heavy atom. The average molecular weight is 420 g/mol. The molecule has 2 heterocycles. The van der Waals surface area contributed by atoms with Crippen molar-refractivity contribution in [1.29, 1.82) is 0 Å². The van der Waals surface area contributed by atoms with E-state index in [2.05, 4.69) is 16.0 Å². The van der Waals surface area contributed by atoms with Crippen LogP contribution in [0.2, 0.25) is 0 Å². The Hall–Kier alpha value is -1.07. The number of aliphatic hydroxyl groups excluding tert-OH is 1. The van der Waals surface area contributed by atoms with Crippen molar-refractivity contribution in [2.45, 2.75) is 43.0 Å². The third kappa shape index (κ3) is 8.95. The number of amides is 3. The van der Waals surface area contributed by atoms with Crippen molar-refractivity contribution in [2.75, 3.05) is 58.5 Å². The smallest absolute Gasteiger partial charge is 0.315 e. The molecule has 0 bridgehead atoms. The Morgan fingerprint density at radius 1 is 1.07 bits per heavy atom. The van der Waals surface area contributed by atoms with E-state index < -0.39 is 0 Å². The SMILES string of the molecule is O=C(CCCC[C@@H]1SC[C@@H]2NC(=O)N[C@@H]21)NCCOCCOCCOCCO. The summed E-state index contributed by atoms with van der Waals surface area (Å²) in [5.41, 5.74) is 0. The Balaban J connectivity index is 1.34. The molecule has 9 nitrogen and oxygen atoms in total. The van der Waals surface area contributed by atoms with Crippen LogP contribution in [-0.2, 0) is 19.0 Å². The number of fused-ring (bicyclic) bond motifs is 1. The summed E-state index contributed by atoms with van der Waals surface area (Å²) in [5, 5.41) is 17.8. The van der Waals surface area contributed by atoms with Crippen molar-refractivity contribution >= 4 is 23.7 Å². The quantitative estimate of drug-likeness (QED) is 0.203. The summed E-state index contributed by atoms with van der Waals surface area (Å²) in [6, 6.07) is 0.442. The van der Waals surface area contributed by atoms with Gasteiger partial charge in [0.2, 0.25) is 5.91 Å². The molecular formula is C18H33N3O6S. The lowest BCUT2D eigenvalue weighted by molar-refractivity contribution is -0.121. The maximum atomic E-state index is 11.8. The van der Waals surface area contributed by atoms with Crippen LogP contribution in [0.1, 0.15) is 25.7 Å². The molecule has 0 spiro atoms. The molecule has 2 aliphatic heterocycles. The van der Waals surface area contributed by atoms with Gasteiger partial charge in [0.15, 0.2) is 0 Å². The molecule has 28 heavy (non-hydrogen) atoms. The molecular weight excluding hydrogens is 386 g/mol. The van der Waals surface area contributed by atoms with E-state index in [0.29, 0.717) is 57.9 Å². The number of ether oxygens (including phenoxy) is 3. The lowest BCUT2D eigenvalue weighted by atomic mass is 10.0. The van der Waals surface area contributed by atoms with Gasteiger partial charge < -0.3 is 35.3 Å². The molecule has 0 aromatic rings. The van der Waals surface area contributed by atoms with Crippen molar-refractivity contribution in [3.05, 3.63) is 0 Å². The molecule has 0 aromatic carbocycles. The number of rotatable bonds is 16. The Bertz CT molecular complexity index is 471. The fourth-order valence-electron chi connectivity index (χ4n) is 3.23. The summed E-state index contributed by atoms with van der Waals surface area (Å²) < 4.78 is 15.8. The Labute approximate surface area is 170 Å². The van der Waals surface area contributed by atoms with Gasteiger partial charge in [-0.05, 0) is 12.8 Å². The zero-order valence-corrected chi connectivity index (χ0v) is 17.1. The lowest BCUT2D eigenvalue weighted by Gasteiger charge is -2.16. The van der Waals surface area contributed by atoms with E-state index in [1.807, 2.05) is 11.8 Å². The summed E-state index contributed by atoms with van der Waals surface area (Å²) >= 11 is 1.90. The van der Waals surface area contributed by atoms with Gasteiger partial charge in [-0.1, -0.05) is 6.42 Å². The summed E-state index contributed by atoms with van der Waals surface area (Å²) in [5.74, 6) is 1.02. The van der Waals surface area contributed by atoms with Gasteiger partial charge in [-0.25, -0.2) is 4.79 Å². The zero-order chi connectivity index (χ0) is 20.0. The predicted molar refractivity (Wildman–Crippen MR) is 107 cm³/mol. The molecule has 2 aliphatic rings. The van der Waals surface area contributed by atoms with Gasteiger partial charge in [-0.3, -0.25) is 4.79 Å². The fourth-order valence-corrected chi connectivity index (χ4v) is 4.78. The molecule has 2 rings (SSSR count). The predicted octanol–water partition coefficient (Wildman–Crippen LogP) is -0.129. The molecule has 0 radical (unpaired) electrons. The Kier molecular flexibility index (Phi) is 11.6. The second kappa shape index (κ2) is 14.0. The van der Waals surface area contributed by atoms with Gasteiger partial charge in [-0.15, -0.1) is 0 Å². The van der Waals surface area contributed by atoms with Crippen LogP contribution >= 0.6 is 11.8 Å². The molecule has 3 amide bonds. The zero-order valence-electron chi connectivity index (χ0n) is 16.3. The number of carbonyl (C=O) groups excluding carboxylic acids is 2. The highest BCUT2D eigenvalue weighted by molar-refractivity contribution is 8.00. The summed E-state index contributed by atoms with van der Waals surface area (Å²) in [6.07, 6.45) is 3.39. The van der Waals surface area contributed by atoms with E-state index in [1.54, 1.807) is 0 Å². The number of hydrogen-bond donors (Lipinski definition) is 4. The highest BCUT2D eigenvalue weighted by atomic mass is 32.2. The van der Waals surface area contributed by atoms with Crippen LogP contribution in [0, 0.1) is 0 Å². The van der Waals surface area contributed by atoms with Crippen LogP contribution in [0.3, 0.4) is 0 Å². The van der Waals surface area contributed by atoms with Crippen molar-refractivity contribution in [3.63, 3.8) is 0 Å². The van der Waals surface area contributed by atoms with Crippen LogP contribution in [0.15, 0.2) is 0 Å². The maximum absolute atomic E-state index is 11.8. The first-order valence-corrected chi connectivity index (χ1v) is 11.0. The van der Waals surface area contributed by atoms with Crippen LogP contribution < -0.4 is 16.0 Å². The molecule has 0 unspecified atom stereocenters. The largest absolute Gasteiger partial charge is 0.394 e. The van der Waals surface area contributed by atoms with Gasteiger partial charge >= 0.3 is 6.03 Å². The first kappa shape index (κ1) is 23.2. The summed E-state index contributed by atoms with van der Waals surface area (Å²) in [6.45, 7) is 3.20. The lowest BCUT2D eigenvalue weighted by Crippen LogP contribution is -2.36. The van der Waals surface area contributed by atoms with E-state index >= 15 is 0 Å². The molecule has 4 N–H and O–H groups in total. The fraction of sp³-hybridized carbons (Fsp3) is 0.889. The first-order valence-electron chi connectivity index (χ1n) is 10.00. The molecule has 0 aromatic heterocycles. The van der Waals surface area contributed by atoms with Crippen molar-refractivity contribution in [3.8, 4) is 0 Å². The van der Waals surface area contributed by atoms with Gasteiger partial charge in [0.05, 0.1) is 58.3 Å². The van der Waals surface area contributed by atoms with E-state index in [-0.39, 0.29) is 30.6 Å². The minimum Gasteiger partial charge on any atom is -0.394 e. The number of nitrogens with one attached hydrogen (secondary N) is 3. The maximum Gasteiger partial charge on any atom is 0.315 e. The molecule has 3 atom stereocenters. The average Bonchev–Trinajstić information content (AvgIpc) is 3.22. The molecule has 2 saturated heterocycles. The highest BCUT2D eigenvalue weighted by Crippen LogP contribution is 2.33. The number of thioether (sulfide) groups is 1. The third-order valence-corrected chi connectivity index (χ3v) is 6.14. The number of aliphatic hydroxyl groups is 1. The summed E-state index contributed by atoms with van der Waals surface area (Å²) in [7, 11) is 0. The molecule has 2 fully saturated rings. The number of unbranched alkanes of at least 4 members (excludes halogenated alkanes) is 1. The van der Waals surface area contributed by atoms with E-state index in [0.717, 1.165) is 25.0 Å². The van der Waals surface area contributed by atoms with Crippen LogP contribution in [0.4, 0.5) is 4.79 Å². The topological polar surface area (TPSA) is 118 Å². The first-order chi connectivity index (χ1) is 13.7. The molecule has 162 valence electrons. The second-order valence-corrected chi connectivity index (χ2v) is 8.05. The van der Waals surface area contributed by atoms with E-state index in [9.17, 15) is 9.59 Å². The van der Waals surface area contributed by atoms with Gasteiger partial charge in [0.25, 0.3) is 0 Å². The molecule has 0 aliphatic carbocycles. The second-order valence-electron chi connectivity index (χ2n) is 6.78. The van der Waals surface area contributed by atoms with Crippen LogP contribution in [0.5, 0.6) is 0 Å². The van der Waals surface area contributed by atoms with Crippen molar-refractivity contribution in [1.82, 2.24) is 16.0 Å². The minimum atomic E-state index is -0.0551. The summed E-state index contributed by atoms with van der Waals surface area (Å²) in [4.78, 5) is 23.2. The van der Waals surface area contributed by atoms with Crippen molar-refractivity contribution < 1.29 is 28.9 Å². The van der Waals surface area contributed by atoms with Crippen LogP contribution in [-0.4, -0.2) is 92.9 Å².